The van der Waals surface area contributed by atoms with Crippen molar-refractivity contribution in [2.75, 3.05) is 19.5 Å². The van der Waals surface area contributed by atoms with Gasteiger partial charge in [-0.2, -0.15) is 0 Å². The molecule has 3 aromatic rings. The van der Waals surface area contributed by atoms with Crippen molar-refractivity contribution < 1.29 is 23.5 Å². The Bertz CT molecular complexity index is 1010. The van der Waals surface area contributed by atoms with Gasteiger partial charge in [0.2, 0.25) is 0 Å². The summed E-state index contributed by atoms with van der Waals surface area (Å²) in [6.07, 6.45) is 0.266. The molecule has 0 radical (unpaired) electrons. The zero-order valence-electron chi connectivity index (χ0n) is 14.3. The van der Waals surface area contributed by atoms with E-state index in [0.717, 1.165) is 17.5 Å². The van der Waals surface area contributed by atoms with E-state index < -0.39 is 17.3 Å². The van der Waals surface area contributed by atoms with Gasteiger partial charge < -0.3 is 9.47 Å². The molecule has 0 saturated carbocycles. The lowest BCUT2D eigenvalue weighted by Gasteiger charge is -2.03. The van der Waals surface area contributed by atoms with Gasteiger partial charge in [-0.05, 0) is 12.1 Å². The average Bonchev–Trinajstić information content (AvgIpc) is 3.10. The van der Waals surface area contributed by atoms with E-state index in [4.69, 9.17) is 23.2 Å². The normalized spacial score (nSPS) is 10.1. The lowest BCUT2D eigenvalue weighted by atomic mass is 10.2. The summed E-state index contributed by atoms with van der Waals surface area (Å²) in [5, 5.41) is 3.64. The van der Waals surface area contributed by atoms with Gasteiger partial charge in [0.05, 0.1) is 30.5 Å². The summed E-state index contributed by atoms with van der Waals surface area (Å²) in [5.41, 5.74) is -0.201. The molecule has 1 amide bonds. The molecule has 28 heavy (non-hydrogen) atoms. The number of hydrogen-bond acceptors (Lipinski definition) is 7. The van der Waals surface area contributed by atoms with Crippen molar-refractivity contribution in [2.45, 2.75) is 0 Å². The number of amides is 1. The monoisotopic (exact) mass is 465 g/mol. The van der Waals surface area contributed by atoms with Gasteiger partial charge in [-0.15, -0.1) is 11.3 Å². The highest BCUT2D eigenvalue weighted by Crippen LogP contribution is 2.40. The number of hydrogen-bond donors (Lipinski definition) is 1. The Hall–Kier alpha value is -2.20. The lowest BCUT2D eigenvalue weighted by molar-refractivity contribution is 0.187. The number of benzene rings is 1. The maximum atomic E-state index is 14.0. The number of thiazole rings is 1. The number of nitrogens with one attached hydrogen (secondary N) is 1. The Labute approximate surface area is 177 Å². The van der Waals surface area contributed by atoms with Crippen molar-refractivity contribution >= 4 is 73.7 Å². The van der Waals surface area contributed by atoms with Crippen LogP contribution in [0, 0.1) is 5.82 Å². The number of rotatable bonds is 2. The van der Waals surface area contributed by atoms with E-state index in [9.17, 15) is 14.0 Å². The van der Waals surface area contributed by atoms with E-state index >= 15 is 0 Å². The smallest absolute Gasteiger partial charge is 0.412 e. The Morgan fingerprint density at radius 3 is 2.32 bits per heavy atom. The second-order valence-corrected chi connectivity index (χ2v) is 6.93. The number of carbonyl (C=O) groups is 2. The summed E-state index contributed by atoms with van der Waals surface area (Å²) in [4.78, 5) is 28.8. The molecular formula is C16H11Cl3FN3O4S. The van der Waals surface area contributed by atoms with E-state index in [0.29, 0.717) is 25.3 Å². The number of pyridine rings is 1. The molecule has 0 spiro atoms. The van der Waals surface area contributed by atoms with Gasteiger partial charge in [-0.1, -0.05) is 29.3 Å². The van der Waals surface area contributed by atoms with Crippen LogP contribution in [0.1, 0.15) is 0 Å². The number of fused-ring (bicyclic) bond motifs is 1. The molecule has 0 saturated heterocycles. The minimum absolute atomic E-state index is 0.0717. The largest absolute Gasteiger partial charge is 0.457 e. The van der Waals surface area contributed by atoms with E-state index in [2.05, 4.69) is 36.4 Å². The van der Waals surface area contributed by atoms with Crippen molar-refractivity contribution in [2.24, 2.45) is 0 Å². The Morgan fingerprint density at radius 2 is 1.79 bits per heavy atom. The van der Waals surface area contributed by atoms with Crippen LogP contribution in [-0.4, -0.2) is 35.7 Å². The van der Waals surface area contributed by atoms with Gasteiger partial charge in [0.25, 0.3) is 0 Å². The molecular weight excluding hydrogens is 456 g/mol. The molecule has 3 rings (SSSR count). The van der Waals surface area contributed by atoms with Gasteiger partial charge in [-0.25, -0.2) is 23.9 Å². The first-order valence-corrected chi connectivity index (χ1v) is 9.21. The molecule has 7 nitrogen and oxygen atoms in total. The van der Waals surface area contributed by atoms with E-state index in [1.54, 1.807) is 18.2 Å². The Balaban J connectivity index is 0.000000500. The standard InChI is InChI=1S/C14H8Cl2FN3O2S.C2H3ClO2/c1-22-14(21)20-12-11-10(8(17)5-18-12)19-13(23-11)9-6(15)3-2-4-7(9)16;1-5-2(3)4/h2-5H,1H3,(H,18,20,21);1H3. The summed E-state index contributed by atoms with van der Waals surface area (Å²) < 4.78 is 22.7. The quantitative estimate of drug-likeness (QED) is 0.468. The molecule has 148 valence electrons. The predicted octanol–water partition coefficient (Wildman–Crippen LogP) is 5.97. The third kappa shape index (κ3) is 5.20. The number of methoxy groups -OCH3 is 2. The first kappa shape index (κ1) is 22.1. The average molecular weight is 467 g/mol. The van der Waals surface area contributed by atoms with Crippen molar-refractivity contribution in [1.82, 2.24) is 9.97 Å². The molecule has 0 unspecified atom stereocenters. The third-order valence-electron chi connectivity index (χ3n) is 3.12. The molecule has 1 aromatic carbocycles. The Kier molecular flexibility index (Phi) is 7.76. The van der Waals surface area contributed by atoms with Gasteiger partial charge >= 0.3 is 11.5 Å². The van der Waals surface area contributed by atoms with Crippen molar-refractivity contribution in [1.29, 1.82) is 0 Å². The van der Waals surface area contributed by atoms with E-state index in [1.807, 2.05) is 0 Å². The number of anilines is 1. The number of nitrogens with zero attached hydrogens (tertiary/aromatic N) is 2. The number of carbonyl (C=O) groups excluding carboxylic acids is 2. The third-order valence-corrected chi connectivity index (χ3v) is 4.98. The van der Waals surface area contributed by atoms with E-state index in [1.165, 1.54) is 14.2 Å². The highest BCUT2D eigenvalue weighted by Gasteiger charge is 2.19. The maximum Gasteiger partial charge on any atom is 0.412 e. The molecule has 0 atom stereocenters. The van der Waals surface area contributed by atoms with Gasteiger partial charge in [0.1, 0.15) is 15.2 Å². The number of ether oxygens (including phenoxy) is 2. The van der Waals surface area contributed by atoms with Crippen LogP contribution in [-0.2, 0) is 9.47 Å². The van der Waals surface area contributed by atoms with Gasteiger partial charge in [0, 0.05) is 17.2 Å². The van der Waals surface area contributed by atoms with Crippen LogP contribution in [0.2, 0.25) is 10.0 Å². The van der Waals surface area contributed by atoms with Gasteiger partial charge in [0.15, 0.2) is 11.6 Å². The van der Waals surface area contributed by atoms with Crippen LogP contribution < -0.4 is 5.32 Å². The summed E-state index contributed by atoms with van der Waals surface area (Å²) in [6.45, 7) is 0. The first-order chi connectivity index (χ1) is 13.3. The molecule has 0 bridgehead atoms. The molecule has 2 aromatic heterocycles. The number of aromatic nitrogens is 2. The van der Waals surface area contributed by atoms with Crippen molar-refractivity contribution in [3.63, 3.8) is 0 Å². The highest BCUT2D eigenvalue weighted by molar-refractivity contribution is 7.22. The first-order valence-electron chi connectivity index (χ1n) is 7.26. The van der Waals surface area contributed by atoms with Crippen LogP contribution >= 0.6 is 46.1 Å². The van der Waals surface area contributed by atoms with Gasteiger partial charge in [-0.3, -0.25) is 5.32 Å². The van der Waals surface area contributed by atoms with Crippen LogP contribution in [0.3, 0.4) is 0 Å². The molecule has 0 aliphatic rings. The fourth-order valence-corrected chi connectivity index (χ4v) is 3.71. The van der Waals surface area contributed by atoms with Crippen LogP contribution in [0.15, 0.2) is 24.4 Å². The lowest BCUT2D eigenvalue weighted by Crippen LogP contribution is -2.12. The van der Waals surface area contributed by atoms with Crippen molar-refractivity contribution in [3.05, 3.63) is 40.3 Å². The summed E-state index contributed by atoms with van der Waals surface area (Å²) in [5.74, 6) is -0.457. The molecule has 0 fully saturated rings. The van der Waals surface area contributed by atoms with Crippen molar-refractivity contribution in [3.8, 4) is 10.6 Å². The topological polar surface area (TPSA) is 90.4 Å². The van der Waals surface area contributed by atoms with E-state index in [-0.39, 0.29) is 11.3 Å². The minimum Gasteiger partial charge on any atom is -0.457 e. The summed E-state index contributed by atoms with van der Waals surface area (Å²) >= 11 is 18.0. The maximum absolute atomic E-state index is 14.0. The summed E-state index contributed by atoms with van der Waals surface area (Å²) in [6, 6.07) is 5.03. The molecule has 0 aliphatic heterocycles. The number of halogens is 4. The molecule has 2 heterocycles. The van der Waals surface area contributed by atoms with Crippen LogP contribution in [0.25, 0.3) is 20.8 Å². The fraction of sp³-hybridized carbons (Fsp3) is 0.125. The van der Waals surface area contributed by atoms with Crippen LogP contribution in [0.5, 0.6) is 0 Å². The highest BCUT2D eigenvalue weighted by atomic mass is 35.5. The van der Waals surface area contributed by atoms with Crippen LogP contribution in [0.4, 0.5) is 19.8 Å². The Morgan fingerprint density at radius 1 is 1.18 bits per heavy atom. The summed E-state index contributed by atoms with van der Waals surface area (Å²) in [7, 11) is 2.44. The predicted molar refractivity (Wildman–Crippen MR) is 107 cm³/mol. The minimum atomic E-state index is -0.773. The zero-order valence-corrected chi connectivity index (χ0v) is 17.3. The molecule has 0 aliphatic carbocycles. The second-order valence-electron chi connectivity index (χ2n) is 4.81. The molecule has 12 heteroatoms. The SMILES string of the molecule is COC(=O)Cl.COC(=O)Nc1ncc(F)c2nc(-c3c(Cl)cccc3Cl)sc12. The fourth-order valence-electron chi connectivity index (χ4n) is 1.93. The second kappa shape index (κ2) is 9.83. The molecule has 1 N–H and O–H groups in total. The zero-order chi connectivity index (χ0) is 20.8.